The zero-order valence-corrected chi connectivity index (χ0v) is 19.0. The number of halogens is 3. The van der Waals surface area contributed by atoms with Gasteiger partial charge < -0.3 is 4.90 Å². The molecule has 2 aliphatic heterocycles. The Hall–Kier alpha value is -1.70. The molecule has 0 atom stereocenters. The maximum absolute atomic E-state index is 13.1. The number of fused-ring (bicyclic) bond motifs is 3. The molecular formula is C17H17BrF2N6O2S2. The highest BCUT2D eigenvalue weighted by molar-refractivity contribution is 9.10. The summed E-state index contributed by atoms with van der Waals surface area (Å²) >= 11 is 4.27. The molecule has 1 saturated carbocycles. The summed E-state index contributed by atoms with van der Waals surface area (Å²) in [5.74, 6) is 0.533. The van der Waals surface area contributed by atoms with Gasteiger partial charge in [-0.1, -0.05) is 11.3 Å². The summed E-state index contributed by atoms with van der Waals surface area (Å²) in [6.45, 7) is 3.12. The van der Waals surface area contributed by atoms with Crippen LogP contribution in [0.3, 0.4) is 0 Å². The highest BCUT2D eigenvalue weighted by Crippen LogP contribution is 2.49. The van der Waals surface area contributed by atoms with Crippen molar-refractivity contribution < 1.29 is 17.2 Å². The van der Waals surface area contributed by atoms with Crippen LogP contribution in [0.25, 0.3) is 0 Å². The molecule has 1 aliphatic carbocycles. The van der Waals surface area contributed by atoms with Gasteiger partial charge in [0.05, 0.1) is 16.3 Å². The largest absolute Gasteiger partial charge is 0.309 e. The van der Waals surface area contributed by atoms with E-state index in [2.05, 4.69) is 35.8 Å². The van der Waals surface area contributed by atoms with Crippen LogP contribution in [0.15, 0.2) is 26.5 Å². The van der Waals surface area contributed by atoms with Crippen molar-refractivity contribution in [3.63, 3.8) is 0 Å². The molecule has 8 nitrogen and oxygen atoms in total. The van der Waals surface area contributed by atoms with Crippen LogP contribution in [0, 0.1) is 0 Å². The topological polar surface area (TPSA) is 90.8 Å². The number of rotatable bonds is 5. The second kappa shape index (κ2) is 6.90. The van der Waals surface area contributed by atoms with E-state index in [0.717, 1.165) is 36.3 Å². The summed E-state index contributed by atoms with van der Waals surface area (Å²) < 4.78 is 55.5. The van der Waals surface area contributed by atoms with Crippen LogP contribution in [0.2, 0.25) is 0 Å². The van der Waals surface area contributed by atoms with Crippen LogP contribution in [0.1, 0.15) is 37.6 Å². The quantitative estimate of drug-likeness (QED) is 0.647. The van der Waals surface area contributed by atoms with Gasteiger partial charge in [-0.15, -0.1) is 10.2 Å². The number of aliphatic imine (C=N–C) groups is 1. The van der Waals surface area contributed by atoms with Gasteiger partial charge in [0.25, 0.3) is 6.43 Å². The van der Waals surface area contributed by atoms with E-state index in [1.54, 1.807) is 17.0 Å². The van der Waals surface area contributed by atoms with Crippen molar-refractivity contribution in [2.24, 2.45) is 4.99 Å². The van der Waals surface area contributed by atoms with Crippen LogP contribution < -0.4 is 14.5 Å². The molecule has 13 heteroatoms. The first-order valence-electron chi connectivity index (χ1n) is 9.30. The van der Waals surface area contributed by atoms with Gasteiger partial charge in [0.2, 0.25) is 21.1 Å². The van der Waals surface area contributed by atoms with Crippen molar-refractivity contribution in [3.8, 4) is 0 Å². The zero-order chi connectivity index (χ0) is 21.3. The summed E-state index contributed by atoms with van der Waals surface area (Å²) in [5.41, 5.74) is 0.832. The van der Waals surface area contributed by atoms with Gasteiger partial charge in [0, 0.05) is 23.1 Å². The van der Waals surface area contributed by atoms with Crippen LogP contribution in [0.4, 0.5) is 25.3 Å². The van der Waals surface area contributed by atoms with Crippen LogP contribution in [0.5, 0.6) is 0 Å². The maximum Gasteiger partial charge on any atom is 0.291 e. The minimum absolute atomic E-state index is 0.0882. The van der Waals surface area contributed by atoms with Gasteiger partial charge in [-0.25, -0.2) is 21.9 Å². The summed E-state index contributed by atoms with van der Waals surface area (Å²) in [5, 5.41) is 7.33. The molecular weight excluding hydrogens is 502 g/mol. The third-order valence-electron chi connectivity index (χ3n) is 5.26. The molecule has 0 saturated heterocycles. The van der Waals surface area contributed by atoms with Gasteiger partial charge in [-0.05, 0) is 54.2 Å². The lowest BCUT2D eigenvalue weighted by molar-refractivity contribution is 0.150. The Balaban J connectivity index is 1.65. The normalized spacial score (nSPS) is 19.7. The number of sulfonamides is 1. The van der Waals surface area contributed by atoms with Crippen molar-refractivity contribution in [2.75, 3.05) is 22.9 Å². The van der Waals surface area contributed by atoms with Crippen molar-refractivity contribution in [3.05, 3.63) is 21.6 Å². The smallest absolute Gasteiger partial charge is 0.291 e. The van der Waals surface area contributed by atoms with Crippen molar-refractivity contribution in [1.29, 1.82) is 0 Å². The second-order valence-corrected chi connectivity index (χ2v) is 11.2. The maximum atomic E-state index is 13.1. The molecule has 3 heterocycles. The monoisotopic (exact) mass is 518 g/mol. The Morgan fingerprint density at radius 2 is 2.07 bits per heavy atom. The average molecular weight is 519 g/mol. The Labute approximate surface area is 184 Å². The number of anilines is 3. The van der Waals surface area contributed by atoms with Crippen LogP contribution in [-0.4, -0.2) is 43.2 Å². The standard InChI is InChI=1S/C17H17BrF2N6O2S2/c1-17(3-4-17)24-30(27,28)9-7-10(18)12-11(8-9)26(15-21-5-2-6-25(12)15)16-23-22-14(29-16)13(19)20/h7-8,13,24H,2-6H2,1H3. The fourth-order valence-electron chi connectivity index (χ4n) is 3.52. The molecule has 0 bridgehead atoms. The van der Waals surface area contributed by atoms with Gasteiger partial charge in [0.1, 0.15) is 0 Å². The third-order valence-corrected chi connectivity index (χ3v) is 8.40. The predicted octanol–water partition coefficient (Wildman–Crippen LogP) is 3.79. The van der Waals surface area contributed by atoms with Gasteiger partial charge in [0.15, 0.2) is 5.01 Å². The van der Waals surface area contributed by atoms with Crippen molar-refractivity contribution in [2.45, 2.75) is 43.0 Å². The molecule has 0 radical (unpaired) electrons. The lowest BCUT2D eigenvalue weighted by atomic mass is 10.2. The van der Waals surface area contributed by atoms with E-state index >= 15 is 0 Å². The second-order valence-electron chi connectivity index (χ2n) is 7.68. The molecule has 1 aromatic carbocycles. The van der Waals surface area contributed by atoms with E-state index in [1.165, 1.54) is 0 Å². The zero-order valence-electron chi connectivity index (χ0n) is 15.8. The molecule has 5 rings (SSSR count). The molecule has 1 fully saturated rings. The van der Waals surface area contributed by atoms with E-state index in [9.17, 15) is 17.2 Å². The van der Waals surface area contributed by atoms with Gasteiger partial charge in [-0.2, -0.15) is 0 Å². The third kappa shape index (κ3) is 3.31. The molecule has 0 amide bonds. The molecule has 2 aromatic rings. The molecule has 0 spiro atoms. The van der Waals surface area contributed by atoms with Gasteiger partial charge in [-0.3, -0.25) is 9.89 Å². The lowest BCUT2D eigenvalue weighted by Gasteiger charge is -2.25. The Morgan fingerprint density at radius 1 is 1.30 bits per heavy atom. The summed E-state index contributed by atoms with van der Waals surface area (Å²) in [7, 11) is -3.76. The summed E-state index contributed by atoms with van der Waals surface area (Å²) in [6.07, 6.45) is -0.335. The molecule has 30 heavy (non-hydrogen) atoms. The molecule has 160 valence electrons. The number of hydrogen-bond donors (Lipinski definition) is 1. The number of nitrogens with one attached hydrogen (secondary N) is 1. The predicted molar refractivity (Wildman–Crippen MR) is 113 cm³/mol. The molecule has 1 N–H and O–H groups in total. The Bertz CT molecular complexity index is 1160. The Morgan fingerprint density at radius 3 is 2.73 bits per heavy atom. The molecule has 0 unspecified atom stereocenters. The van der Waals surface area contributed by atoms with Crippen LogP contribution in [-0.2, 0) is 10.0 Å². The van der Waals surface area contributed by atoms with E-state index in [1.807, 2.05) is 11.8 Å². The first-order chi connectivity index (χ1) is 14.2. The van der Waals surface area contributed by atoms with E-state index in [-0.39, 0.29) is 10.0 Å². The number of guanidine groups is 1. The number of benzene rings is 1. The fourth-order valence-corrected chi connectivity index (χ4v) is 6.56. The first-order valence-corrected chi connectivity index (χ1v) is 12.4. The fraction of sp³-hybridized carbons (Fsp3) is 0.471. The minimum atomic E-state index is -3.76. The Kier molecular flexibility index (Phi) is 4.65. The van der Waals surface area contributed by atoms with E-state index in [4.69, 9.17) is 0 Å². The van der Waals surface area contributed by atoms with E-state index in [0.29, 0.717) is 29.2 Å². The lowest BCUT2D eigenvalue weighted by Crippen LogP contribution is -2.39. The van der Waals surface area contributed by atoms with Crippen LogP contribution >= 0.6 is 27.3 Å². The average Bonchev–Trinajstić information content (AvgIpc) is 3.10. The summed E-state index contributed by atoms with van der Waals surface area (Å²) in [6, 6.07) is 3.10. The number of nitrogens with zero attached hydrogens (tertiary/aromatic N) is 5. The minimum Gasteiger partial charge on any atom is -0.309 e. The number of hydrogen-bond acceptors (Lipinski definition) is 8. The van der Waals surface area contributed by atoms with E-state index < -0.39 is 27.0 Å². The van der Waals surface area contributed by atoms with Gasteiger partial charge >= 0.3 is 0 Å². The SMILES string of the molecule is CC1(NS(=O)(=O)c2cc(Br)c3c(c2)N(c2nnc(C(F)F)s2)C2=NCCCN23)CC1. The molecule has 3 aliphatic rings. The van der Waals surface area contributed by atoms with Crippen molar-refractivity contribution in [1.82, 2.24) is 14.9 Å². The summed E-state index contributed by atoms with van der Waals surface area (Å²) in [4.78, 5) is 8.20. The first kappa shape index (κ1) is 20.2. The van der Waals surface area contributed by atoms with Crippen molar-refractivity contribution >= 4 is 59.8 Å². The highest BCUT2D eigenvalue weighted by Gasteiger charge is 2.43. The number of alkyl halides is 2. The molecule has 1 aromatic heterocycles. The number of aromatic nitrogens is 2. The highest BCUT2D eigenvalue weighted by atomic mass is 79.9.